The smallest absolute Gasteiger partial charge is 0.0402 e. The molecule has 0 aromatic heterocycles. The summed E-state index contributed by atoms with van der Waals surface area (Å²) in [5.41, 5.74) is 3.20. The minimum atomic E-state index is 0.278. The lowest BCUT2D eigenvalue weighted by molar-refractivity contribution is 0.321. The Morgan fingerprint density at radius 2 is 1.90 bits per heavy atom. The first-order valence-corrected chi connectivity index (χ1v) is 8.21. The fraction of sp³-hybridized carbons (Fsp3) is 0.667. The summed E-state index contributed by atoms with van der Waals surface area (Å²) in [6.45, 7) is 12.6. The van der Waals surface area contributed by atoms with Crippen molar-refractivity contribution >= 4 is 5.69 Å². The monoisotopic (exact) mass is 274 g/mol. The molecule has 0 radical (unpaired) electrons. The first kappa shape index (κ1) is 15.4. The van der Waals surface area contributed by atoms with Crippen LogP contribution in [0, 0.1) is 0 Å². The number of anilines is 1. The van der Waals surface area contributed by atoms with E-state index in [0.29, 0.717) is 5.92 Å². The normalized spacial score (nSPS) is 19.1. The van der Waals surface area contributed by atoms with Gasteiger partial charge in [-0.1, -0.05) is 45.9 Å². The van der Waals surface area contributed by atoms with Crippen LogP contribution in [0.1, 0.15) is 58.4 Å². The van der Waals surface area contributed by atoms with Crippen molar-refractivity contribution in [3.63, 3.8) is 0 Å². The standard InChI is InChI=1S/C18H30N2/c1-5-18(6-2)14-20(13-9-12-19-18)17-11-8-7-10-16(17)15(3)4/h7-8,10-11,15,19H,5-6,9,12-14H2,1-4H3. The zero-order valence-electron chi connectivity index (χ0n) is 13.6. The number of para-hydroxylation sites is 1. The molecular weight excluding hydrogens is 244 g/mol. The number of nitrogens with one attached hydrogen (secondary N) is 1. The van der Waals surface area contributed by atoms with Crippen LogP contribution in [-0.4, -0.2) is 25.2 Å². The molecule has 0 spiro atoms. The van der Waals surface area contributed by atoms with Gasteiger partial charge < -0.3 is 10.2 Å². The molecule has 2 nitrogen and oxygen atoms in total. The average Bonchev–Trinajstić information content (AvgIpc) is 2.70. The highest BCUT2D eigenvalue weighted by Crippen LogP contribution is 2.30. The van der Waals surface area contributed by atoms with Crippen molar-refractivity contribution in [3.8, 4) is 0 Å². The van der Waals surface area contributed by atoms with Gasteiger partial charge in [0.2, 0.25) is 0 Å². The predicted molar refractivity (Wildman–Crippen MR) is 88.7 cm³/mol. The summed E-state index contributed by atoms with van der Waals surface area (Å²) in [7, 11) is 0. The lowest BCUT2D eigenvalue weighted by Crippen LogP contribution is -2.50. The number of hydrogen-bond donors (Lipinski definition) is 1. The summed E-state index contributed by atoms with van der Waals surface area (Å²) in [5.74, 6) is 0.583. The molecule has 1 saturated heterocycles. The van der Waals surface area contributed by atoms with Gasteiger partial charge in [-0.25, -0.2) is 0 Å². The van der Waals surface area contributed by atoms with Crippen molar-refractivity contribution in [2.75, 3.05) is 24.5 Å². The van der Waals surface area contributed by atoms with Crippen LogP contribution < -0.4 is 10.2 Å². The molecule has 0 aliphatic carbocycles. The molecule has 0 bridgehead atoms. The van der Waals surface area contributed by atoms with E-state index in [-0.39, 0.29) is 5.54 Å². The predicted octanol–water partition coefficient (Wildman–Crippen LogP) is 4.17. The fourth-order valence-corrected chi connectivity index (χ4v) is 3.32. The van der Waals surface area contributed by atoms with E-state index in [9.17, 15) is 0 Å². The quantitative estimate of drug-likeness (QED) is 0.886. The molecule has 2 rings (SSSR count). The van der Waals surface area contributed by atoms with Crippen LogP contribution in [0.25, 0.3) is 0 Å². The minimum Gasteiger partial charge on any atom is -0.369 e. The number of hydrogen-bond acceptors (Lipinski definition) is 2. The summed E-state index contributed by atoms with van der Waals surface area (Å²) in [5, 5.41) is 3.80. The van der Waals surface area contributed by atoms with Crippen LogP contribution in [-0.2, 0) is 0 Å². The third kappa shape index (κ3) is 3.17. The topological polar surface area (TPSA) is 15.3 Å². The summed E-state index contributed by atoms with van der Waals surface area (Å²) in [4.78, 5) is 2.61. The van der Waals surface area contributed by atoms with E-state index in [1.165, 1.54) is 37.1 Å². The van der Waals surface area contributed by atoms with E-state index in [2.05, 4.69) is 62.2 Å². The average molecular weight is 274 g/mol. The van der Waals surface area contributed by atoms with Crippen molar-refractivity contribution in [1.82, 2.24) is 5.32 Å². The second kappa shape index (κ2) is 6.62. The van der Waals surface area contributed by atoms with E-state index < -0.39 is 0 Å². The molecule has 0 saturated carbocycles. The largest absolute Gasteiger partial charge is 0.369 e. The van der Waals surface area contributed by atoms with Crippen LogP contribution in [0.15, 0.2) is 24.3 Å². The summed E-state index contributed by atoms with van der Waals surface area (Å²) >= 11 is 0. The Morgan fingerprint density at radius 3 is 2.55 bits per heavy atom. The van der Waals surface area contributed by atoms with Crippen LogP contribution in [0.2, 0.25) is 0 Å². The molecule has 1 fully saturated rings. The highest BCUT2D eigenvalue weighted by molar-refractivity contribution is 5.55. The van der Waals surface area contributed by atoms with Gasteiger partial charge in [0.15, 0.2) is 0 Å². The third-order valence-electron chi connectivity index (χ3n) is 4.85. The second-order valence-electron chi connectivity index (χ2n) is 6.40. The van der Waals surface area contributed by atoms with Gasteiger partial charge in [-0.15, -0.1) is 0 Å². The Labute approximate surface area is 124 Å². The maximum absolute atomic E-state index is 3.80. The van der Waals surface area contributed by atoms with Gasteiger partial charge in [0.1, 0.15) is 0 Å². The molecule has 20 heavy (non-hydrogen) atoms. The van der Waals surface area contributed by atoms with Crippen LogP contribution in [0.3, 0.4) is 0 Å². The Morgan fingerprint density at radius 1 is 1.20 bits per heavy atom. The highest BCUT2D eigenvalue weighted by atomic mass is 15.2. The van der Waals surface area contributed by atoms with Crippen molar-refractivity contribution in [3.05, 3.63) is 29.8 Å². The van der Waals surface area contributed by atoms with E-state index in [1.807, 2.05) is 0 Å². The van der Waals surface area contributed by atoms with Crippen molar-refractivity contribution < 1.29 is 0 Å². The molecule has 1 aromatic rings. The van der Waals surface area contributed by atoms with E-state index in [1.54, 1.807) is 0 Å². The van der Waals surface area contributed by atoms with Gasteiger partial charge in [0.05, 0.1) is 0 Å². The Bertz CT molecular complexity index is 421. The second-order valence-corrected chi connectivity index (χ2v) is 6.40. The Kier molecular flexibility index (Phi) is 5.09. The Balaban J connectivity index is 2.31. The maximum atomic E-state index is 3.80. The number of nitrogens with zero attached hydrogens (tertiary/aromatic N) is 1. The molecule has 0 amide bonds. The first-order valence-electron chi connectivity index (χ1n) is 8.21. The van der Waals surface area contributed by atoms with Gasteiger partial charge in [0.25, 0.3) is 0 Å². The molecule has 1 aliphatic heterocycles. The summed E-state index contributed by atoms with van der Waals surface area (Å²) < 4.78 is 0. The van der Waals surface area contributed by atoms with Gasteiger partial charge >= 0.3 is 0 Å². The van der Waals surface area contributed by atoms with Crippen LogP contribution >= 0.6 is 0 Å². The van der Waals surface area contributed by atoms with E-state index in [4.69, 9.17) is 0 Å². The van der Waals surface area contributed by atoms with Gasteiger partial charge in [-0.2, -0.15) is 0 Å². The molecule has 1 aromatic carbocycles. The molecule has 112 valence electrons. The van der Waals surface area contributed by atoms with E-state index >= 15 is 0 Å². The maximum Gasteiger partial charge on any atom is 0.0402 e. The van der Waals surface area contributed by atoms with Crippen molar-refractivity contribution in [2.45, 2.75) is 58.4 Å². The molecule has 0 unspecified atom stereocenters. The van der Waals surface area contributed by atoms with E-state index in [0.717, 1.165) is 13.1 Å². The molecule has 1 heterocycles. The third-order valence-corrected chi connectivity index (χ3v) is 4.85. The molecule has 2 heteroatoms. The van der Waals surface area contributed by atoms with Crippen LogP contribution in [0.5, 0.6) is 0 Å². The highest BCUT2D eigenvalue weighted by Gasteiger charge is 2.31. The molecule has 0 atom stereocenters. The summed E-state index contributed by atoms with van der Waals surface area (Å²) in [6.07, 6.45) is 3.63. The minimum absolute atomic E-state index is 0.278. The lowest BCUT2D eigenvalue weighted by Gasteiger charge is -2.37. The van der Waals surface area contributed by atoms with Gasteiger partial charge in [-0.3, -0.25) is 0 Å². The SMILES string of the molecule is CCC1(CC)CN(c2ccccc2C(C)C)CCCN1. The lowest BCUT2D eigenvalue weighted by atomic mass is 9.91. The van der Waals surface area contributed by atoms with Crippen molar-refractivity contribution in [2.24, 2.45) is 0 Å². The molecule has 1 N–H and O–H groups in total. The fourth-order valence-electron chi connectivity index (χ4n) is 3.32. The van der Waals surface area contributed by atoms with Gasteiger partial charge in [0, 0.05) is 24.3 Å². The van der Waals surface area contributed by atoms with Crippen molar-refractivity contribution in [1.29, 1.82) is 0 Å². The van der Waals surface area contributed by atoms with Crippen LogP contribution in [0.4, 0.5) is 5.69 Å². The Hall–Kier alpha value is -1.02. The zero-order chi connectivity index (χ0) is 14.6. The first-order chi connectivity index (χ1) is 9.62. The number of benzene rings is 1. The molecule has 1 aliphatic rings. The molecular formula is C18H30N2. The van der Waals surface area contributed by atoms with Gasteiger partial charge in [-0.05, 0) is 43.4 Å². The zero-order valence-corrected chi connectivity index (χ0v) is 13.6. The number of rotatable bonds is 4. The summed E-state index contributed by atoms with van der Waals surface area (Å²) in [6, 6.07) is 8.94.